The van der Waals surface area contributed by atoms with E-state index in [1.54, 1.807) is 12.4 Å². The molecule has 0 aliphatic rings. The third-order valence-electron chi connectivity index (χ3n) is 2.16. The molecule has 0 aromatic carbocycles. The van der Waals surface area contributed by atoms with Crippen LogP contribution >= 0.6 is 0 Å². The van der Waals surface area contributed by atoms with Gasteiger partial charge < -0.3 is 4.98 Å². The van der Waals surface area contributed by atoms with Gasteiger partial charge in [-0.15, -0.1) is 0 Å². The predicted molar refractivity (Wildman–Crippen MR) is 51.7 cm³/mol. The highest BCUT2D eigenvalue weighted by molar-refractivity contribution is 5.83. The zero-order valence-corrected chi connectivity index (χ0v) is 7.37. The first kappa shape index (κ1) is 7.98. The number of nitrogens with zero attached hydrogens (tertiary/aromatic N) is 1. The zero-order chi connectivity index (χ0) is 9.26. The molecule has 0 radical (unpaired) electrons. The molecule has 0 saturated carbocycles. The van der Waals surface area contributed by atoms with Crippen LogP contribution in [0.5, 0.6) is 0 Å². The Hall–Kier alpha value is -1.64. The number of fused-ring (bicyclic) bond motifs is 1. The van der Waals surface area contributed by atoms with E-state index in [0.29, 0.717) is 5.39 Å². The third-order valence-corrected chi connectivity index (χ3v) is 2.16. The van der Waals surface area contributed by atoms with Gasteiger partial charge in [-0.25, -0.2) is 0 Å². The maximum atomic E-state index is 11.4. The number of nitrogens with one attached hydrogen (secondary N) is 1. The van der Waals surface area contributed by atoms with Gasteiger partial charge in [0.05, 0.1) is 5.39 Å². The molecule has 2 aromatic rings. The molecule has 0 bridgehead atoms. The second-order valence-electron chi connectivity index (χ2n) is 2.92. The largest absolute Gasteiger partial charge is 0.329 e. The number of H-pyrrole nitrogens is 1. The van der Waals surface area contributed by atoms with Crippen LogP contribution in [-0.4, -0.2) is 9.97 Å². The molecule has 3 heteroatoms. The number of rotatable bonds is 1. The monoisotopic (exact) mass is 174 g/mol. The van der Waals surface area contributed by atoms with Gasteiger partial charge in [-0.2, -0.15) is 0 Å². The van der Waals surface area contributed by atoms with Crippen molar-refractivity contribution in [3.63, 3.8) is 0 Å². The van der Waals surface area contributed by atoms with Crippen molar-refractivity contribution in [1.29, 1.82) is 0 Å². The summed E-state index contributed by atoms with van der Waals surface area (Å²) in [4.78, 5) is 18.0. The van der Waals surface area contributed by atoms with Crippen LogP contribution < -0.4 is 5.56 Å². The van der Waals surface area contributed by atoms with Crippen LogP contribution in [-0.2, 0) is 6.42 Å². The average Bonchev–Trinajstić information content (AvgIpc) is 2.18. The van der Waals surface area contributed by atoms with Gasteiger partial charge >= 0.3 is 0 Å². The molecule has 1 N–H and O–H groups in total. The van der Waals surface area contributed by atoms with E-state index in [2.05, 4.69) is 16.9 Å². The van der Waals surface area contributed by atoms with Gasteiger partial charge in [0.15, 0.2) is 0 Å². The summed E-state index contributed by atoms with van der Waals surface area (Å²) in [6, 6.07) is 1.91. The number of hydrogen-bond acceptors (Lipinski definition) is 2. The molecule has 0 atom stereocenters. The van der Waals surface area contributed by atoms with Crippen molar-refractivity contribution >= 4 is 10.8 Å². The average molecular weight is 174 g/mol. The molecule has 13 heavy (non-hydrogen) atoms. The van der Waals surface area contributed by atoms with E-state index in [4.69, 9.17) is 0 Å². The van der Waals surface area contributed by atoms with Crippen LogP contribution in [0.3, 0.4) is 0 Å². The standard InChI is InChI=1S/C10H10N2O/c1-2-7-5-11-6-9-8(7)3-4-12-10(9)13/h3-6H,2H2,1H3,(H,12,13). The molecule has 2 aromatic heterocycles. The highest BCUT2D eigenvalue weighted by atomic mass is 16.1. The smallest absolute Gasteiger partial charge is 0.257 e. The topological polar surface area (TPSA) is 45.8 Å². The number of pyridine rings is 2. The van der Waals surface area contributed by atoms with Crippen LogP contribution in [0, 0.1) is 0 Å². The lowest BCUT2D eigenvalue weighted by molar-refractivity contribution is 1.12. The Balaban J connectivity index is 2.92. The van der Waals surface area contributed by atoms with Crippen molar-refractivity contribution < 1.29 is 0 Å². The minimum Gasteiger partial charge on any atom is -0.329 e. The lowest BCUT2D eigenvalue weighted by atomic mass is 10.1. The van der Waals surface area contributed by atoms with E-state index < -0.39 is 0 Å². The maximum absolute atomic E-state index is 11.4. The van der Waals surface area contributed by atoms with Crippen molar-refractivity contribution in [2.75, 3.05) is 0 Å². The molecule has 0 unspecified atom stereocenters. The summed E-state index contributed by atoms with van der Waals surface area (Å²) in [6.07, 6.45) is 5.98. The lowest BCUT2D eigenvalue weighted by Gasteiger charge is -2.00. The fourth-order valence-electron chi connectivity index (χ4n) is 1.45. The van der Waals surface area contributed by atoms with E-state index in [-0.39, 0.29) is 5.56 Å². The SMILES string of the molecule is CCc1cncc2c(=O)[nH]ccc12. The summed E-state index contributed by atoms with van der Waals surface area (Å²) in [7, 11) is 0. The normalized spacial score (nSPS) is 10.5. The van der Waals surface area contributed by atoms with Crippen molar-refractivity contribution in [2.24, 2.45) is 0 Å². The van der Waals surface area contributed by atoms with Crippen molar-refractivity contribution in [3.05, 3.63) is 40.6 Å². The van der Waals surface area contributed by atoms with Crippen LogP contribution in [0.1, 0.15) is 12.5 Å². The highest BCUT2D eigenvalue weighted by Crippen LogP contribution is 2.12. The molecule has 0 saturated heterocycles. The molecule has 66 valence electrons. The van der Waals surface area contributed by atoms with Crippen LogP contribution in [0.25, 0.3) is 10.8 Å². The molecule has 2 rings (SSSR count). The fourth-order valence-corrected chi connectivity index (χ4v) is 1.45. The van der Waals surface area contributed by atoms with Gasteiger partial charge in [-0.3, -0.25) is 9.78 Å². The van der Waals surface area contributed by atoms with Crippen LogP contribution in [0.2, 0.25) is 0 Å². The van der Waals surface area contributed by atoms with Gasteiger partial charge in [-0.1, -0.05) is 6.92 Å². The Morgan fingerprint density at radius 2 is 2.23 bits per heavy atom. The predicted octanol–water partition coefficient (Wildman–Crippen LogP) is 1.49. The first-order valence-electron chi connectivity index (χ1n) is 4.27. The first-order valence-corrected chi connectivity index (χ1v) is 4.27. The van der Waals surface area contributed by atoms with Crippen LogP contribution in [0.15, 0.2) is 29.5 Å². The fraction of sp³-hybridized carbons (Fsp3) is 0.200. The van der Waals surface area contributed by atoms with Gasteiger partial charge in [0.2, 0.25) is 0 Å². The van der Waals surface area contributed by atoms with E-state index in [1.807, 2.05) is 12.3 Å². The minimum atomic E-state index is -0.0692. The van der Waals surface area contributed by atoms with Crippen molar-refractivity contribution in [1.82, 2.24) is 9.97 Å². The number of aromatic nitrogens is 2. The van der Waals surface area contributed by atoms with E-state index in [9.17, 15) is 4.79 Å². The van der Waals surface area contributed by atoms with Crippen molar-refractivity contribution in [2.45, 2.75) is 13.3 Å². The molecular formula is C10H10N2O. The van der Waals surface area contributed by atoms with Crippen molar-refractivity contribution in [3.8, 4) is 0 Å². The summed E-state index contributed by atoms with van der Waals surface area (Å²) < 4.78 is 0. The third kappa shape index (κ3) is 1.22. The Morgan fingerprint density at radius 1 is 1.38 bits per heavy atom. The molecule has 3 nitrogen and oxygen atoms in total. The Labute approximate surface area is 75.4 Å². The molecule has 0 aliphatic heterocycles. The minimum absolute atomic E-state index is 0.0692. The Morgan fingerprint density at radius 3 is 3.00 bits per heavy atom. The van der Waals surface area contributed by atoms with E-state index in [1.165, 1.54) is 0 Å². The Bertz CT molecular complexity index is 487. The number of hydrogen-bond donors (Lipinski definition) is 1. The number of aryl methyl sites for hydroxylation is 1. The molecule has 0 amide bonds. The van der Waals surface area contributed by atoms with Gasteiger partial charge in [0.25, 0.3) is 5.56 Å². The molecule has 0 aliphatic carbocycles. The van der Waals surface area contributed by atoms with E-state index >= 15 is 0 Å². The second kappa shape index (κ2) is 3.01. The molecule has 2 heterocycles. The van der Waals surface area contributed by atoms with Crippen LogP contribution in [0.4, 0.5) is 0 Å². The maximum Gasteiger partial charge on any atom is 0.257 e. The molecular weight excluding hydrogens is 164 g/mol. The summed E-state index contributed by atoms with van der Waals surface area (Å²) in [5.41, 5.74) is 1.05. The summed E-state index contributed by atoms with van der Waals surface area (Å²) in [5.74, 6) is 0. The Kier molecular flexibility index (Phi) is 1.85. The summed E-state index contributed by atoms with van der Waals surface area (Å²) in [6.45, 7) is 2.05. The number of aromatic amines is 1. The quantitative estimate of drug-likeness (QED) is 0.711. The summed E-state index contributed by atoms with van der Waals surface area (Å²) >= 11 is 0. The second-order valence-corrected chi connectivity index (χ2v) is 2.92. The highest BCUT2D eigenvalue weighted by Gasteiger charge is 2.01. The molecule has 0 fully saturated rings. The molecule has 0 spiro atoms. The first-order chi connectivity index (χ1) is 6.33. The zero-order valence-electron chi connectivity index (χ0n) is 7.37. The van der Waals surface area contributed by atoms with Gasteiger partial charge in [0, 0.05) is 18.6 Å². The van der Waals surface area contributed by atoms with E-state index in [0.717, 1.165) is 17.4 Å². The van der Waals surface area contributed by atoms with Gasteiger partial charge in [-0.05, 0) is 23.4 Å². The lowest BCUT2D eigenvalue weighted by Crippen LogP contribution is -2.05. The summed E-state index contributed by atoms with van der Waals surface area (Å²) in [5, 5.41) is 1.67. The van der Waals surface area contributed by atoms with Gasteiger partial charge in [0.1, 0.15) is 0 Å².